The van der Waals surface area contributed by atoms with Crippen LogP contribution < -0.4 is 5.32 Å². The molecule has 1 aliphatic rings. The fourth-order valence-corrected chi connectivity index (χ4v) is 3.99. The molecule has 3 rings (SSSR count). The first-order valence-electron chi connectivity index (χ1n) is 8.29. The molecule has 0 fully saturated rings. The Labute approximate surface area is 146 Å². The summed E-state index contributed by atoms with van der Waals surface area (Å²) in [7, 11) is 0. The van der Waals surface area contributed by atoms with Crippen molar-refractivity contribution in [2.45, 2.75) is 32.2 Å². The highest BCUT2D eigenvalue weighted by molar-refractivity contribution is 7.09. The summed E-state index contributed by atoms with van der Waals surface area (Å²) in [6, 6.07) is 12.1. The molecule has 24 heavy (non-hydrogen) atoms. The molecule has 0 saturated carbocycles. The molecule has 1 aromatic heterocycles. The number of hydrogen-bond acceptors (Lipinski definition) is 3. The van der Waals surface area contributed by atoms with E-state index in [1.165, 1.54) is 10.4 Å². The average Bonchev–Trinajstić information content (AvgIpc) is 3.08. The number of nitrogens with one attached hydrogen (secondary N) is 1. The zero-order valence-corrected chi connectivity index (χ0v) is 14.6. The Morgan fingerprint density at radius 2 is 2.08 bits per heavy atom. The van der Waals surface area contributed by atoms with E-state index in [0.717, 1.165) is 18.4 Å². The predicted octanol–water partition coefficient (Wildman–Crippen LogP) is 2.94. The van der Waals surface area contributed by atoms with Gasteiger partial charge in [0.05, 0.1) is 12.5 Å². The van der Waals surface area contributed by atoms with Crippen LogP contribution in [0.2, 0.25) is 0 Å². The second kappa shape index (κ2) is 7.62. The summed E-state index contributed by atoms with van der Waals surface area (Å²) < 4.78 is 0. The molecule has 0 bridgehead atoms. The third kappa shape index (κ3) is 3.85. The van der Waals surface area contributed by atoms with Gasteiger partial charge in [0.2, 0.25) is 11.8 Å². The van der Waals surface area contributed by atoms with E-state index in [-0.39, 0.29) is 17.9 Å². The monoisotopic (exact) mass is 342 g/mol. The maximum atomic E-state index is 12.4. The van der Waals surface area contributed by atoms with E-state index in [2.05, 4.69) is 17.4 Å². The number of hydrogen-bond donors (Lipinski definition) is 1. The predicted molar refractivity (Wildman–Crippen MR) is 95.9 cm³/mol. The van der Waals surface area contributed by atoms with E-state index < -0.39 is 0 Å². The van der Waals surface area contributed by atoms with Crippen molar-refractivity contribution in [3.63, 3.8) is 0 Å². The SMILES string of the molecule is CC(=O)N1CCc2ccccc2C1CC(=O)NCCc1cccs1. The fourth-order valence-electron chi connectivity index (χ4n) is 3.28. The molecular weight excluding hydrogens is 320 g/mol. The normalized spacial score (nSPS) is 16.5. The van der Waals surface area contributed by atoms with Crippen molar-refractivity contribution < 1.29 is 9.59 Å². The summed E-state index contributed by atoms with van der Waals surface area (Å²) in [6.07, 6.45) is 2.02. The third-order valence-electron chi connectivity index (χ3n) is 4.47. The Morgan fingerprint density at radius 3 is 2.83 bits per heavy atom. The zero-order chi connectivity index (χ0) is 16.9. The number of thiophene rings is 1. The number of benzene rings is 1. The summed E-state index contributed by atoms with van der Waals surface area (Å²) in [5.74, 6) is 0.0281. The number of fused-ring (bicyclic) bond motifs is 1. The zero-order valence-electron chi connectivity index (χ0n) is 13.8. The van der Waals surface area contributed by atoms with Crippen LogP contribution in [0.25, 0.3) is 0 Å². The Hall–Kier alpha value is -2.14. The van der Waals surface area contributed by atoms with Crippen LogP contribution in [0.5, 0.6) is 0 Å². The molecule has 2 aromatic rings. The summed E-state index contributed by atoms with van der Waals surface area (Å²) in [5.41, 5.74) is 2.35. The first-order valence-corrected chi connectivity index (χ1v) is 9.17. The first kappa shape index (κ1) is 16.7. The number of nitrogens with zero attached hydrogens (tertiary/aromatic N) is 1. The van der Waals surface area contributed by atoms with Crippen molar-refractivity contribution in [3.05, 3.63) is 57.8 Å². The van der Waals surface area contributed by atoms with Gasteiger partial charge in [-0.2, -0.15) is 0 Å². The lowest BCUT2D eigenvalue weighted by atomic mass is 9.90. The van der Waals surface area contributed by atoms with Crippen LogP contribution >= 0.6 is 11.3 Å². The van der Waals surface area contributed by atoms with Gasteiger partial charge in [0.1, 0.15) is 0 Å². The number of carbonyl (C=O) groups excluding carboxylic acids is 2. The van der Waals surface area contributed by atoms with Crippen molar-refractivity contribution >= 4 is 23.2 Å². The van der Waals surface area contributed by atoms with Gasteiger partial charge in [-0.1, -0.05) is 30.3 Å². The molecule has 0 spiro atoms. The van der Waals surface area contributed by atoms with Crippen LogP contribution in [0, 0.1) is 0 Å². The molecule has 4 nitrogen and oxygen atoms in total. The van der Waals surface area contributed by atoms with Gasteiger partial charge in [0, 0.05) is 24.9 Å². The first-order chi connectivity index (χ1) is 11.6. The maximum Gasteiger partial charge on any atom is 0.222 e. The minimum absolute atomic E-state index is 0.000454. The van der Waals surface area contributed by atoms with Crippen molar-refractivity contribution in [2.75, 3.05) is 13.1 Å². The highest BCUT2D eigenvalue weighted by Gasteiger charge is 2.30. The molecular formula is C19H22N2O2S. The number of rotatable bonds is 5. The van der Waals surface area contributed by atoms with Crippen LogP contribution in [0.4, 0.5) is 0 Å². The molecule has 1 atom stereocenters. The second-order valence-corrected chi connectivity index (χ2v) is 7.09. The van der Waals surface area contributed by atoms with Gasteiger partial charge in [-0.15, -0.1) is 11.3 Å². The number of carbonyl (C=O) groups is 2. The fraction of sp³-hybridized carbons (Fsp3) is 0.368. The Balaban J connectivity index is 1.64. The lowest BCUT2D eigenvalue weighted by Crippen LogP contribution is -2.41. The Morgan fingerprint density at radius 1 is 1.25 bits per heavy atom. The lowest BCUT2D eigenvalue weighted by Gasteiger charge is -2.36. The smallest absolute Gasteiger partial charge is 0.222 e. The molecule has 0 aliphatic carbocycles. The van der Waals surface area contributed by atoms with Gasteiger partial charge < -0.3 is 10.2 Å². The third-order valence-corrected chi connectivity index (χ3v) is 5.41. The molecule has 0 radical (unpaired) electrons. The van der Waals surface area contributed by atoms with Crippen LogP contribution in [0.1, 0.15) is 35.4 Å². The maximum absolute atomic E-state index is 12.4. The van der Waals surface area contributed by atoms with Crippen molar-refractivity contribution in [1.29, 1.82) is 0 Å². The molecule has 1 aliphatic heterocycles. The molecule has 2 amide bonds. The van der Waals surface area contributed by atoms with Crippen molar-refractivity contribution in [3.8, 4) is 0 Å². The highest BCUT2D eigenvalue weighted by atomic mass is 32.1. The Bertz CT molecular complexity index is 712. The van der Waals surface area contributed by atoms with Crippen LogP contribution in [-0.4, -0.2) is 29.8 Å². The van der Waals surface area contributed by atoms with Gasteiger partial charge >= 0.3 is 0 Å². The number of amides is 2. The topological polar surface area (TPSA) is 49.4 Å². The Kier molecular flexibility index (Phi) is 5.30. The molecule has 1 N–H and O–H groups in total. The van der Waals surface area contributed by atoms with Crippen LogP contribution in [0.3, 0.4) is 0 Å². The minimum Gasteiger partial charge on any atom is -0.356 e. The van der Waals surface area contributed by atoms with E-state index in [9.17, 15) is 9.59 Å². The van der Waals surface area contributed by atoms with Crippen molar-refractivity contribution in [2.24, 2.45) is 0 Å². The summed E-state index contributed by atoms with van der Waals surface area (Å²) in [5, 5.41) is 5.03. The minimum atomic E-state index is -0.158. The standard InChI is InChI=1S/C19H22N2O2S/c1-14(22)21-11-9-15-5-2-3-7-17(15)18(21)13-19(23)20-10-8-16-6-4-12-24-16/h2-7,12,18H,8-11,13H2,1H3,(H,20,23). The van der Waals surface area contributed by atoms with E-state index >= 15 is 0 Å². The van der Waals surface area contributed by atoms with E-state index in [1.54, 1.807) is 18.3 Å². The van der Waals surface area contributed by atoms with Gasteiger partial charge in [-0.05, 0) is 35.4 Å². The molecule has 5 heteroatoms. The van der Waals surface area contributed by atoms with E-state index in [1.807, 2.05) is 34.5 Å². The molecule has 126 valence electrons. The largest absolute Gasteiger partial charge is 0.356 e. The molecule has 1 aromatic carbocycles. The summed E-state index contributed by atoms with van der Waals surface area (Å²) in [4.78, 5) is 27.4. The van der Waals surface area contributed by atoms with Gasteiger partial charge in [-0.25, -0.2) is 0 Å². The average molecular weight is 342 g/mol. The van der Waals surface area contributed by atoms with E-state index in [4.69, 9.17) is 0 Å². The van der Waals surface area contributed by atoms with Gasteiger partial charge in [-0.3, -0.25) is 9.59 Å². The van der Waals surface area contributed by atoms with E-state index in [0.29, 0.717) is 19.5 Å². The molecule has 1 unspecified atom stereocenters. The van der Waals surface area contributed by atoms with Gasteiger partial charge in [0.25, 0.3) is 0 Å². The second-order valence-electron chi connectivity index (χ2n) is 6.06. The highest BCUT2D eigenvalue weighted by Crippen LogP contribution is 2.32. The van der Waals surface area contributed by atoms with Crippen molar-refractivity contribution in [1.82, 2.24) is 10.2 Å². The van der Waals surface area contributed by atoms with Crippen LogP contribution in [0.15, 0.2) is 41.8 Å². The quantitative estimate of drug-likeness (QED) is 0.908. The lowest BCUT2D eigenvalue weighted by molar-refractivity contribution is -0.133. The molecule has 0 saturated heterocycles. The molecule has 2 heterocycles. The van der Waals surface area contributed by atoms with Crippen LogP contribution in [-0.2, 0) is 22.4 Å². The van der Waals surface area contributed by atoms with Gasteiger partial charge in [0.15, 0.2) is 0 Å². The summed E-state index contributed by atoms with van der Waals surface area (Å²) in [6.45, 7) is 2.89. The summed E-state index contributed by atoms with van der Waals surface area (Å²) >= 11 is 1.70.